The number of nitrogens with zero attached hydrogens (tertiary/aromatic N) is 4. The highest BCUT2D eigenvalue weighted by molar-refractivity contribution is 8.00. The number of halogens is 3. The van der Waals surface area contributed by atoms with Crippen molar-refractivity contribution in [1.29, 1.82) is 0 Å². The Kier molecular flexibility index (Phi) is 5.91. The summed E-state index contributed by atoms with van der Waals surface area (Å²) < 4.78 is 1.73. The van der Waals surface area contributed by atoms with Gasteiger partial charge >= 0.3 is 0 Å². The van der Waals surface area contributed by atoms with Gasteiger partial charge < -0.3 is 5.32 Å². The Morgan fingerprint density at radius 2 is 1.79 bits per heavy atom. The van der Waals surface area contributed by atoms with Crippen molar-refractivity contribution in [1.82, 2.24) is 19.7 Å². The van der Waals surface area contributed by atoms with E-state index in [1.165, 1.54) is 30.2 Å². The van der Waals surface area contributed by atoms with Crippen molar-refractivity contribution in [2.45, 2.75) is 5.03 Å². The lowest BCUT2D eigenvalue weighted by Crippen LogP contribution is -2.14. The van der Waals surface area contributed by atoms with E-state index in [9.17, 15) is 4.79 Å². The molecule has 0 unspecified atom stereocenters. The normalized spacial score (nSPS) is 11.0. The molecule has 4 rings (SSSR count). The third-order valence-corrected chi connectivity index (χ3v) is 5.99. The van der Waals surface area contributed by atoms with Gasteiger partial charge in [-0.1, -0.05) is 64.8 Å². The van der Waals surface area contributed by atoms with Gasteiger partial charge in [0, 0.05) is 0 Å². The molecule has 0 saturated carbocycles. The largest absolute Gasteiger partial charge is 0.324 e. The average molecular weight is 465 g/mol. The number of anilines is 1. The number of aromatic nitrogens is 4. The maximum Gasteiger partial charge on any atom is 0.234 e. The van der Waals surface area contributed by atoms with Crippen molar-refractivity contribution in [3.05, 3.63) is 70.1 Å². The SMILES string of the molecule is O=C(CSc1ncnc2c1cnn2-c1ccccc1)Nc1cc(Cl)c(Cl)cc1Cl. The fourth-order valence-electron chi connectivity index (χ4n) is 2.63. The highest BCUT2D eigenvalue weighted by Gasteiger charge is 2.14. The Morgan fingerprint density at radius 1 is 1.03 bits per heavy atom. The zero-order chi connectivity index (χ0) is 20.4. The summed E-state index contributed by atoms with van der Waals surface area (Å²) >= 11 is 19.3. The van der Waals surface area contributed by atoms with Crippen LogP contribution in [0.1, 0.15) is 0 Å². The summed E-state index contributed by atoms with van der Waals surface area (Å²) in [6.45, 7) is 0. The zero-order valence-corrected chi connectivity index (χ0v) is 17.7. The van der Waals surface area contributed by atoms with Crippen molar-refractivity contribution in [3.8, 4) is 5.69 Å². The number of carbonyl (C=O) groups excluding carboxylic acids is 1. The predicted molar refractivity (Wildman–Crippen MR) is 117 cm³/mol. The first kappa shape index (κ1) is 20.0. The first-order chi connectivity index (χ1) is 14.0. The maximum absolute atomic E-state index is 12.4. The number of hydrogen-bond donors (Lipinski definition) is 1. The molecule has 2 aromatic heterocycles. The van der Waals surface area contributed by atoms with Gasteiger partial charge in [0.05, 0.1) is 43.8 Å². The Labute approximate surface area is 185 Å². The molecule has 0 spiro atoms. The third-order valence-electron chi connectivity index (χ3n) is 3.95. The highest BCUT2D eigenvalue weighted by atomic mass is 35.5. The van der Waals surface area contributed by atoms with E-state index in [0.717, 1.165) is 11.1 Å². The molecule has 0 saturated heterocycles. The number of carbonyl (C=O) groups is 1. The van der Waals surface area contributed by atoms with Crippen molar-refractivity contribution < 1.29 is 4.79 Å². The Balaban J connectivity index is 1.51. The monoisotopic (exact) mass is 463 g/mol. The number of thioether (sulfide) groups is 1. The van der Waals surface area contributed by atoms with E-state index in [1.807, 2.05) is 30.3 Å². The molecule has 0 aliphatic heterocycles. The molecule has 1 amide bonds. The van der Waals surface area contributed by atoms with Crippen LogP contribution in [0.5, 0.6) is 0 Å². The van der Waals surface area contributed by atoms with Crippen LogP contribution in [0.4, 0.5) is 5.69 Å². The van der Waals surface area contributed by atoms with Crippen LogP contribution in [0.2, 0.25) is 15.1 Å². The summed E-state index contributed by atoms with van der Waals surface area (Å²) in [7, 11) is 0. The molecule has 0 bridgehead atoms. The van der Waals surface area contributed by atoms with Gasteiger partial charge in [0.15, 0.2) is 5.65 Å². The summed E-state index contributed by atoms with van der Waals surface area (Å²) in [6.07, 6.45) is 3.15. The van der Waals surface area contributed by atoms with E-state index < -0.39 is 0 Å². The van der Waals surface area contributed by atoms with Crippen LogP contribution < -0.4 is 5.32 Å². The van der Waals surface area contributed by atoms with Gasteiger partial charge in [-0.2, -0.15) is 5.10 Å². The standard InChI is InChI=1S/C19H12Cl3N5OS/c20-13-6-15(22)16(7-14(13)21)26-17(28)9-29-19-12-8-25-27(18(12)23-10-24-19)11-4-2-1-3-5-11/h1-8,10H,9H2,(H,26,28). The van der Waals surface area contributed by atoms with Crippen molar-refractivity contribution in [2.24, 2.45) is 0 Å². The number of para-hydroxylation sites is 1. The molecule has 0 aliphatic rings. The highest BCUT2D eigenvalue weighted by Crippen LogP contribution is 2.32. The second kappa shape index (κ2) is 8.59. The lowest BCUT2D eigenvalue weighted by molar-refractivity contribution is -0.113. The summed E-state index contributed by atoms with van der Waals surface area (Å²) in [6, 6.07) is 12.7. The van der Waals surface area contributed by atoms with E-state index in [-0.39, 0.29) is 11.7 Å². The van der Waals surface area contributed by atoms with E-state index in [4.69, 9.17) is 34.8 Å². The van der Waals surface area contributed by atoms with Crippen LogP contribution in [0.25, 0.3) is 16.7 Å². The lowest BCUT2D eigenvalue weighted by atomic mass is 10.3. The van der Waals surface area contributed by atoms with Crippen molar-refractivity contribution in [3.63, 3.8) is 0 Å². The molecule has 1 N–H and O–H groups in total. The number of rotatable bonds is 5. The number of amides is 1. The van der Waals surface area contributed by atoms with Crippen LogP contribution in [0.3, 0.4) is 0 Å². The maximum atomic E-state index is 12.4. The topological polar surface area (TPSA) is 72.7 Å². The van der Waals surface area contributed by atoms with Crippen LogP contribution in [0, 0.1) is 0 Å². The minimum absolute atomic E-state index is 0.124. The van der Waals surface area contributed by atoms with E-state index in [2.05, 4.69) is 20.4 Å². The minimum Gasteiger partial charge on any atom is -0.324 e. The predicted octanol–water partition coefficient (Wildman–Crippen LogP) is 5.51. The average Bonchev–Trinajstić information content (AvgIpc) is 3.16. The molecule has 6 nitrogen and oxygen atoms in total. The smallest absolute Gasteiger partial charge is 0.234 e. The summed E-state index contributed by atoms with van der Waals surface area (Å²) in [5.74, 6) is -0.128. The first-order valence-electron chi connectivity index (χ1n) is 8.34. The Bertz CT molecular complexity index is 1200. The molecule has 0 fully saturated rings. The zero-order valence-electron chi connectivity index (χ0n) is 14.6. The molecule has 146 valence electrons. The van der Waals surface area contributed by atoms with E-state index in [0.29, 0.717) is 31.4 Å². The molecular formula is C19H12Cl3N5OS. The van der Waals surface area contributed by atoms with Gasteiger partial charge in [-0.05, 0) is 24.3 Å². The van der Waals surface area contributed by atoms with Crippen LogP contribution in [-0.4, -0.2) is 31.4 Å². The van der Waals surface area contributed by atoms with E-state index in [1.54, 1.807) is 10.9 Å². The number of hydrogen-bond acceptors (Lipinski definition) is 5. The Morgan fingerprint density at radius 3 is 2.59 bits per heavy atom. The van der Waals surface area contributed by atoms with Crippen LogP contribution in [-0.2, 0) is 4.79 Å². The van der Waals surface area contributed by atoms with Gasteiger partial charge in [-0.25, -0.2) is 14.6 Å². The number of benzene rings is 2. The quantitative estimate of drug-likeness (QED) is 0.240. The van der Waals surface area contributed by atoms with E-state index >= 15 is 0 Å². The fraction of sp³-hybridized carbons (Fsp3) is 0.0526. The molecule has 10 heteroatoms. The first-order valence-corrected chi connectivity index (χ1v) is 10.5. The number of fused-ring (bicyclic) bond motifs is 1. The lowest BCUT2D eigenvalue weighted by Gasteiger charge is -2.09. The van der Waals surface area contributed by atoms with Gasteiger partial charge in [0.25, 0.3) is 0 Å². The molecule has 0 radical (unpaired) electrons. The number of nitrogens with one attached hydrogen (secondary N) is 1. The van der Waals surface area contributed by atoms with Crippen LogP contribution >= 0.6 is 46.6 Å². The molecule has 2 heterocycles. The van der Waals surface area contributed by atoms with Gasteiger partial charge in [0.1, 0.15) is 11.4 Å². The molecule has 4 aromatic rings. The third kappa shape index (κ3) is 4.33. The molecule has 29 heavy (non-hydrogen) atoms. The Hall–Kier alpha value is -2.32. The van der Waals surface area contributed by atoms with Gasteiger partial charge in [0.2, 0.25) is 5.91 Å². The second-order valence-electron chi connectivity index (χ2n) is 5.89. The van der Waals surface area contributed by atoms with Crippen molar-refractivity contribution >= 4 is 69.2 Å². The van der Waals surface area contributed by atoms with Crippen molar-refractivity contribution in [2.75, 3.05) is 11.1 Å². The summed E-state index contributed by atoms with van der Waals surface area (Å²) in [5, 5.41) is 9.50. The van der Waals surface area contributed by atoms with Gasteiger partial charge in [-0.3, -0.25) is 4.79 Å². The molecule has 2 aromatic carbocycles. The summed E-state index contributed by atoms with van der Waals surface area (Å²) in [4.78, 5) is 21.0. The molecular weight excluding hydrogens is 453 g/mol. The van der Waals surface area contributed by atoms with Gasteiger partial charge in [-0.15, -0.1) is 0 Å². The fourth-order valence-corrected chi connectivity index (χ4v) is 3.99. The summed E-state index contributed by atoms with van der Waals surface area (Å²) in [5.41, 5.74) is 1.96. The molecule has 0 aliphatic carbocycles. The molecule has 0 atom stereocenters. The van der Waals surface area contributed by atoms with Crippen LogP contribution in [0.15, 0.2) is 60.0 Å². The second-order valence-corrected chi connectivity index (χ2v) is 8.08. The minimum atomic E-state index is -0.252.